The van der Waals surface area contributed by atoms with Crippen LogP contribution in [-0.2, 0) is 10.3 Å². The number of ether oxygens (including phenoxy) is 4. The zero-order chi connectivity index (χ0) is 18.7. The predicted octanol–water partition coefficient (Wildman–Crippen LogP) is 4.37. The third-order valence-corrected chi connectivity index (χ3v) is 4.33. The van der Waals surface area contributed by atoms with E-state index in [1.165, 1.54) is 0 Å². The van der Waals surface area contributed by atoms with E-state index in [9.17, 15) is 5.26 Å². The molecule has 3 rings (SSSR count). The molecule has 0 radical (unpaired) electrons. The average Bonchev–Trinajstić information content (AvgIpc) is 2.67. The van der Waals surface area contributed by atoms with E-state index in [2.05, 4.69) is 6.07 Å². The molecular weight excluding hydrogens is 330 g/mol. The van der Waals surface area contributed by atoms with Crippen LogP contribution in [-0.4, -0.2) is 20.8 Å². The third-order valence-electron chi connectivity index (χ3n) is 4.33. The fourth-order valence-electron chi connectivity index (χ4n) is 2.98. The van der Waals surface area contributed by atoms with Crippen molar-refractivity contribution in [3.63, 3.8) is 0 Å². The smallest absolute Gasteiger partial charge is 0.217 e. The van der Waals surface area contributed by atoms with Crippen LogP contribution in [0.15, 0.2) is 36.4 Å². The van der Waals surface area contributed by atoms with Gasteiger partial charge in [0, 0.05) is 11.1 Å². The maximum atomic E-state index is 9.77. The molecule has 0 amide bonds. The van der Waals surface area contributed by atoms with Crippen LogP contribution in [0.25, 0.3) is 11.8 Å². The Balaban J connectivity index is 2.10. The zero-order valence-electron chi connectivity index (χ0n) is 15.3. The molecule has 2 aromatic carbocycles. The Morgan fingerprint density at radius 1 is 1.08 bits per heavy atom. The Kier molecular flexibility index (Phi) is 4.77. The van der Waals surface area contributed by atoms with E-state index in [-0.39, 0.29) is 0 Å². The zero-order valence-corrected chi connectivity index (χ0v) is 15.3. The van der Waals surface area contributed by atoms with Gasteiger partial charge in [0.1, 0.15) is 17.6 Å². The van der Waals surface area contributed by atoms with Gasteiger partial charge in [-0.3, -0.25) is 0 Å². The van der Waals surface area contributed by atoms with Crippen LogP contribution >= 0.6 is 0 Å². The number of fused-ring (bicyclic) bond motifs is 1. The second-order valence-electron chi connectivity index (χ2n) is 6.01. The first-order valence-corrected chi connectivity index (χ1v) is 8.36. The molecule has 134 valence electrons. The maximum Gasteiger partial charge on any atom is 0.217 e. The minimum atomic E-state index is -1.13. The highest BCUT2D eigenvalue weighted by Crippen LogP contribution is 2.44. The fourth-order valence-corrected chi connectivity index (χ4v) is 2.98. The molecule has 0 aromatic heterocycles. The molecule has 0 aliphatic carbocycles. The molecule has 1 atom stereocenters. The fraction of sp³-hybridized carbons (Fsp3) is 0.286. The van der Waals surface area contributed by atoms with Crippen LogP contribution in [0.2, 0.25) is 0 Å². The van der Waals surface area contributed by atoms with E-state index in [1.54, 1.807) is 27.2 Å². The average molecular weight is 351 g/mol. The first kappa shape index (κ1) is 17.7. The van der Waals surface area contributed by atoms with Crippen molar-refractivity contribution in [2.24, 2.45) is 0 Å². The minimum absolute atomic E-state index is 0.564. The summed E-state index contributed by atoms with van der Waals surface area (Å²) in [4.78, 5) is 0. The third kappa shape index (κ3) is 3.06. The van der Waals surface area contributed by atoms with Crippen molar-refractivity contribution in [1.82, 2.24) is 0 Å². The van der Waals surface area contributed by atoms with Crippen LogP contribution in [0, 0.1) is 11.3 Å². The monoisotopic (exact) mass is 351 g/mol. The first-order chi connectivity index (χ1) is 12.5. The number of methoxy groups -OCH3 is 2. The van der Waals surface area contributed by atoms with Crippen LogP contribution in [0.4, 0.5) is 0 Å². The Morgan fingerprint density at radius 2 is 1.73 bits per heavy atom. The van der Waals surface area contributed by atoms with Gasteiger partial charge in [-0.25, -0.2) is 0 Å². The molecular formula is C21H21NO4. The van der Waals surface area contributed by atoms with Crippen molar-refractivity contribution in [3.8, 4) is 23.3 Å². The normalized spacial score (nSPS) is 18.0. The number of hydrogen-bond acceptors (Lipinski definition) is 5. The Labute approximate surface area is 153 Å². The second kappa shape index (κ2) is 7.01. The highest BCUT2D eigenvalue weighted by molar-refractivity contribution is 5.82. The Morgan fingerprint density at radius 3 is 2.31 bits per heavy atom. The topological polar surface area (TPSA) is 60.7 Å². The van der Waals surface area contributed by atoms with Gasteiger partial charge in [0.15, 0.2) is 11.5 Å². The molecule has 0 bridgehead atoms. The summed E-state index contributed by atoms with van der Waals surface area (Å²) in [6.45, 7) is 4.30. The van der Waals surface area contributed by atoms with Crippen molar-refractivity contribution in [1.29, 1.82) is 5.26 Å². The molecule has 0 spiro atoms. The summed E-state index contributed by atoms with van der Waals surface area (Å²) in [5.41, 5.74) is 1.35. The number of nitrogens with zero attached hydrogens (tertiary/aromatic N) is 1. The maximum absolute atomic E-state index is 9.77. The molecule has 0 saturated carbocycles. The van der Waals surface area contributed by atoms with Crippen molar-refractivity contribution >= 4 is 11.8 Å². The number of rotatable bonds is 5. The summed E-state index contributed by atoms with van der Waals surface area (Å²) < 4.78 is 22.3. The van der Waals surface area contributed by atoms with Gasteiger partial charge in [-0.1, -0.05) is 0 Å². The number of benzene rings is 2. The van der Waals surface area contributed by atoms with E-state index in [4.69, 9.17) is 18.9 Å². The molecule has 2 aromatic rings. The Hall–Kier alpha value is -3.13. The molecule has 0 saturated heterocycles. The summed E-state index contributed by atoms with van der Waals surface area (Å²) in [6.07, 6.45) is 1.91. The van der Waals surface area contributed by atoms with Crippen molar-refractivity contribution in [2.75, 3.05) is 20.8 Å². The molecule has 1 heterocycles. The van der Waals surface area contributed by atoms with E-state index in [0.29, 0.717) is 23.9 Å². The van der Waals surface area contributed by atoms with Gasteiger partial charge in [0.25, 0.3) is 0 Å². The van der Waals surface area contributed by atoms with Crippen molar-refractivity contribution < 1.29 is 18.9 Å². The largest absolute Gasteiger partial charge is 0.494 e. The standard InChI is InChI=1S/C21H21NO4/c1-5-25-16-8-6-14(7-9-16)18-10-15-11-19(23-3)20(24-4)12-17(15)21(2,13-22)26-18/h6-12H,5H2,1-4H3. The molecule has 5 nitrogen and oxygen atoms in total. The molecule has 26 heavy (non-hydrogen) atoms. The van der Waals surface area contributed by atoms with Gasteiger partial charge in [-0.15, -0.1) is 0 Å². The van der Waals surface area contributed by atoms with Gasteiger partial charge < -0.3 is 18.9 Å². The van der Waals surface area contributed by atoms with Gasteiger partial charge in [-0.2, -0.15) is 5.26 Å². The predicted molar refractivity (Wildman–Crippen MR) is 99.1 cm³/mol. The molecule has 5 heteroatoms. The SMILES string of the molecule is CCOc1ccc(C2=Cc3cc(OC)c(OC)cc3C(C)(C#N)O2)cc1. The van der Waals surface area contributed by atoms with Crippen molar-refractivity contribution in [2.45, 2.75) is 19.4 Å². The lowest BCUT2D eigenvalue weighted by atomic mass is 9.88. The summed E-state index contributed by atoms with van der Waals surface area (Å²) in [5, 5.41) is 9.77. The van der Waals surface area contributed by atoms with E-state index in [1.807, 2.05) is 43.3 Å². The van der Waals surface area contributed by atoms with Crippen LogP contribution < -0.4 is 14.2 Å². The van der Waals surface area contributed by atoms with Gasteiger partial charge in [0.2, 0.25) is 5.60 Å². The summed E-state index contributed by atoms with van der Waals surface area (Å²) >= 11 is 0. The first-order valence-electron chi connectivity index (χ1n) is 8.36. The molecule has 0 N–H and O–H groups in total. The van der Waals surface area contributed by atoms with Gasteiger partial charge in [-0.05, 0) is 61.9 Å². The van der Waals surface area contributed by atoms with E-state index < -0.39 is 5.60 Å². The highest BCUT2D eigenvalue weighted by atomic mass is 16.5. The van der Waals surface area contributed by atoms with E-state index >= 15 is 0 Å². The van der Waals surface area contributed by atoms with Crippen LogP contribution in [0.3, 0.4) is 0 Å². The molecule has 1 aliphatic heterocycles. The quantitative estimate of drug-likeness (QED) is 0.800. The second-order valence-corrected chi connectivity index (χ2v) is 6.01. The summed E-state index contributed by atoms with van der Waals surface area (Å²) in [7, 11) is 3.16. The number of hydrogen-bond donors (Lipinski definition) is 0. The lowest BCUT2D eigenvalue weighted by Gasteiger charge is -2.32. The summed E-state index contributed by atoms with van der Waals surface area (Å²) in [5.74, 6) is 2.59. The lowest BCUT2D eigenvalue weighted by molar-refractivity contribution is 0.111. The molecule has 1 unspecified atom stereocenters. The molecule has 0 fully saturated rings. The lowest BCUT2D eigenvalue weighted by Crippen LogP contribution is -2.27. The van der Waals surface area contributed by atoms with E-state index in [0.717, 1.165) is 22.4 Å². The summed E-state index contributed by atoms with van der Waals surface area (Å²) in [6, 6.07) is 13.5. The molecule has 1 aliphatic rings. The number of nitriles is 1. The van der Waals surface area contributed by atoms with Crippen LogP contribution in [0.1, 0.15) is 30.5 Å². The Bertz CT molecular complexity index is 880. The minimum Gasteiger partial charge on any atom is -0.494 e. The van der Waals surface area contributed by atoms with Crippen molar-refractivity contribution in [3.05, 3.63) is 53.1 Å². The highest BCUT2D eigenvalue weighted by Gasteiger charge is 2.36. The van der Waals surface area contributed by atoms with Gasteiger partial charge >= 0.3 is 0 Å². The van der Waals surface area contributed by atoms with Crippen LogP contribution in [0.5, 0.6) is 17.2 Å². The van der Waals surface area contributed by atoms with Gasteiger partial charge in [0.05, 0.1) is 20.8 Å².